The number of likely N-dealkylation sites (tertiary alicyclic amines) is 1. The van der Waals surface area contributed by atoms with Gasteiger partial charge in [0, 0.05) is 25.6 Å². The number of nitrogens with zero attached hydrogens (tertiary/aromatic N) is 1. The van der Waals surface area contributed by atoms with Gasteiger partial charge in [0.05, 0.1) is 7.11 Å². The predicted molar refractivity (Wildman–Crippen MR) is 96.2 cm³/mol. The number of methoxy groups -OCH3 is 1. The van der Waals surface area contributed by atoms with Crippen molar-refractivity contribution in [2.45, 2.75) is 51.0 Å². The van der Waals surface area contributed by atoms with Crippen LogP contribution in [0.5, 0.6) is 5.75 Å². The van der Waals surface area contributed by atoms with Crippen LogP contribution in [0.25, 0.3) is 0 Å². The molecule has 0 spiro atoms. The predicted octanol–water partition coefficient (Wildman–Crippen LogP) is 3.17. The van der Waals surface area contributed by atoms with Crippen molar-refractivity contribution >= 4 is 18.3 Å². The largest absolute Gasteiger partial charge is 0.497 e. The highest BCUT2D eigenvalue weighted by Crippen LogP contribution is 2.19. The number of hydrogen-bond donors (Lipinski definition) is 1. The van der Waals surface area contributed by atoms with Gasteiger partial charge >= 0.3 is 0 Å². The third-order valence-electron chi connectivity index (χ3n) is 4.48. The SMILES string of the molecule is COc1ccc(CCCCCC(=O)N2CCCC2CN)cc1.Cl. The molecule has 1 amide bonds. The average Bonchev–Trinajstić information content (AvgIpc) is 3.03. The van der Waals surface area contributed by atoms with E-state index >= 15 is 0 Å². The lowest BCUT2D eigenvalue weighted by Crippen LogP contribution is -2.39. The summed E-state index contributed by atoms with van der Waals surface area (Å²) in [6.45, 7) is 1.50. The van der Waals surface area contributed by atoms with E-state index in [1.807, 2.05) is 17.0 Å². The van der Waals surface area contributed by atoms with E-state index in [2.05, 4.69) is 12.1 Å². The van der Waals surface area contributed by atoms with Crippen LogP contribution in [-0.2, 0) is 11.2 Å². The number of carbonyl (C=O) groups excluding carboxylic acids is 1. The molecular weight excluding hydrogens is 312 g/mol. The van der Waals surface area contributed by atoms with Crippen molar-refractivity contribution in [1.29, 1.82) is 0 Å². The van der Waals surface area contributed by atoms with Crippen LogP contribution in [0.2, 0.25) is 0 Å². The molecule has 2 N–H and O–H groups in total. The maximum atomic E-state index is 12.2. The molecule has 1 fully saturated rings. The molecule has 0 saturated carbocycles. The van der Waals surface area contributed by atoms with Crippen molar-refractivity contribution in [3.8, 4) is 5.75 Å². The number of nitrogens with two attached hydrogens (primary N) is 1. The van der Waals surface area contributed by atoms with Gasteiger partial charge in [-0.1, -0.05) is 18.6 Å². The number of halogens is 1. The Kier molecular flexibility index (Phi) is 9.03. The molecule has 1 aromatic carbocycles. The zero-order chi connectivity index (χ0) is 15.8. The Morgan fingerprint density at radius 1 is 1.26 bits per heavy atom. The normalized spacial score (nSPS) is 17.0. The van der Waals surface area contributed by atoms with Crippen LogP contribution in [-0.4, -0.2) is 37.0 Å². The molecule has 1 heterocycles. The topological polar surface area (TPSA) is 55.6 Å². The molecule has 1 saturated heterocycles. The number of hydrogen-bond acceptors (Lipinski definition) is 3. The van der Waals surface area contributed by atoms with E-state index in [1.165, 1.54) is 5.56 Å². The van der Waals surface area contributed by atoms with Crippen LogP contribution in [0.15, 0.2) is 24.3 Å². The molecule has 0 aliphatic carbocycles. The lowest BCUT2D eigenvalue weighted by molar-refractivity contribution is -0.131. The molecule has 0 radical (unpaired) electrons. The van der Waals surface area contributed by atoms with Crippen LogP contribution in [0.1, 0.15) is 44.1 Å². The van der Waals surface area contributed by atoms with Crippen LogP contribution >= 0.6 is 12.4 Å². The highest BCUT2D eigenvalue weighted by Gasteiger charge is 2.26. The highest BCUT2D eigenvalue weighted by atomic mass is 35.5. The van der Waals surface area contributed by atoms with Crippen molar-refractivity contribution in [2.24, 2.45) is 5.73 Å². The van der Waals surface area contributed by atoms with Gasteiger partial charge in [0.15, 0.2) is 0 Å². The second-order valence-corrected chi connectivity index (χ2v) is 6.03. The van der Waals surface area contributed by atoms with Crippen molar-refractivity contribution in [3.05, 3.63) is 29.8 Å². The fraction of sp³-hybridized carbons (Fsp3) is 0.611. The monoisotopic (exact) mass is 340 g/mol. The van der Waals surface area contributed by atoms with E-state index in [9.17, 15) is 4.79 Å². The number of amides is 1. The van der Waals surface area contributed by atoms with Crippen LogP contribution in [0.3, 0.4) is 0 Å². The summed E-state index contributed by atoms with van der Waals surface area (Å²) < 4.78 is 5.15. The van der Waals surface area contributed by atoms with Gasteiger partial charge in [-0.05, 0) is 49.8 Å². The standard InChI is InChI=1S/C18H28N2O2.ClH/c1-22-17-11-9-15(10-12-17)6-3-2-4-8-18(21)20-13-5-7-16(20)14-19;/h9-12,16H,2-8,13-14,19H2,1H3;1H. The Balaban J connectivity index is 0.00000264. The maximum absolute atomic E-state index is 12.2. The average molecular weight is 341 g/mol. The fourth-order valence-electron chi connectivity index (χ4n) is 3.13. The van der Waals surface area contributed by atoms with Gasteiger partial charge in [0.2, 0.25) is 5.91 Å². The minimum atomic E-state index is 0. The summed E-state index contributed by atoms with van der Waals surface area (Å²) in [7, 11) is 1.68. The van der Waals surface area contributed by atoms with E-state index in [0.717, 1.165) is 50.8 Å². The van der Waals surface area contributed by atoms with Gasteiger partial charge < -0.3 is 15.4 Å². The minimum absolute atomic E-state index is 0. The number of unbranched alkanes of at least 4 members (excludes halogenated alkanes) is 2. The first-order chi connectivity index (χ1) is 10.7. The molecular formula is C18H29ClN2O2. The Hall–Kier alpha value is -1.26. The first-order valence-corrected chi connectivity index (χ1v) is 8.37. The van der Waals surface area contributed by atoms with Gasteiger partial charge in [-0.15, -0.1) is 12.4 Å². The first kappa shape index (κ1) is 19.8. The summed E-state index contributed by atoms with van der Waals surface area (Å²) in [4.78, 5) is 14.2. The van der Waals surface area contributed by atoms with Crippen molar-refractivity contribution in [2.75, 3.05) is 20.2 Å². The van der Waals surface area contributed by atoms with Gasteiger partial charge in [0.25, 0.3) is 0 Å². The molecule has 1 unspecified atom stereocenters. The second-order valence-electron chi connectivity index (χ2n) is 6.03. The van der Waals surface area contributed by atoms with Gasteiger partial charge in [-0.25, -0.2) is 0 Å². The molecule has 130 valence electrons. The Morgan fingerprint density at radius 3 is 2.65 bits per heavy atom. The fourth-order valence-corrected chi connectivity index (χ4v) is 3.13. The number of rotatable bonds is 8. The highest BCUT2D eigenvalue weighted by molar-refractivity contribution is 5.85. The third kappa shape index (κ3) is 6.04. The molecule has 5 heteroatoms. The number of aryl methyl sites for hydroxylation is 1. The molecule has 0 aromatic heterocycles. The van der Waals surface area contributed by atoms with Crippen molar-refractivity contribution < 1.29 is 9.53 Å². The van der Waals surface area contributed by atoms with Crippen molar-refractivity contribution in [1.82, 2.24) is 4.90 Å². The summed E-state index contributed by atoms with van der Waals surface area (Å²) in [6.07, 6.45) is 7.10. The number of ether oxygens (including phenoxy) is 1. The maximum Gasteiger partial charge on any atom is 0.222 e. The summed E-state index contributed by atoms with van der Waals surface area (Å²) in [6, 6.07) is 8.50. The Bertz CT molecular complexity index is 465. The van der Waals surface area contributed by atoms with E-state index in [-0.39, 0.29) is 24.4 Å². The summed E-state index contributed by atoms with van der Waals surface area (Å²) in [5.74, 6) is 1.19. The van der Waals surface area contributed by atoms with Gasteiger partial charge in [-0.2, -0.15) is 0 Å². The van der Waals surface area contributed by atoms with E-state index in [1.54, 1.807) is 7.11 Å². The summed E-state index contributed by atoms with van der Waals surface area (Å²) >= 11 is 0. The molecule has 2 rings (SSSR count). The minimum Gasteiger partial charge on any atom is -0.497 e. The zero-order valence-corrected chi connectivity index (χ0v) is 14.8. The molecule has 1 atom stereocenters. The van der Waals surface area contributed by atoms with E-state index in [0.29, 0.717) is 13.0 Å². The van der Waals surface area contributed by atoms with Crippen molar-refractivity contribution in [3.63, 3.8) is 0 Å². The van der Waals surface area contributed by atoms with E-state index in [4.69, 9.17) is 10.5 Å². The number of benzene rings is 1. The van der Waals surface area contributed by atoms with E-state index < -0.39 is 0 Å². The summed E-state index contributed by atoms with van der Waals surface area (Å²) in [5.41, 5.74) is 7.05. The quantitative estimate of drug-likeness (QED) is 0.739. The molecule has 1 aromatic rings. The smallest absolute Gasteiger partial charge is 0.222 e. The Morgan fingerprint density at radius 2 is 2.00 bits per heavy atom. The lowest BCUT2D eigenvalue weighted by atomic mass is 10.1. The molecule has 4 nitrogen and oxygen atoms in total. The zero-order valence-electron chi connectivity index (χ0n) is 14.0. The number of carbonyl (C=O) groups is 1. The molecule has 1 aliphatic heterocycles. The van der Waals surface area contributed by atoms with Gasteiger partial charge in [0.1, 0.15) is 5.75 Å². The third-order valence-corrected chi connectivity index (χ3v) is 4.48. The first-order valence-electron chi connectivity index (χ1n) is 8.37. The lowest BCUT2D eigenvalue weighted by Gasteiger charge is -2.23. The van der Waals surface area contributed by atoms with Crippen LogP contribution in [0, 0.1) is 0 Å². The molecule has 0 bridgehead atoms. The second kappa shape index (κ2) is 10.5. The molecule has 23 heavy (non-hydrogen) atoms. The van der Waals surface area contributed by atoms with Gasteiger partial charge in [-0.3, -0.25) is 4.79 Å². The Labute approximate surface area is 145 Å². The summed E-state index contributed by atoms with van der Waals surface area (Å²) in [5, 5.41) is 0. The molecule has 1 aliphatic rings. The van der Waals surface area contributed by atoms with Crippen LogP contribution in [0.4, 0.5) is 0 Å². The van der Waals surface area contributed by atoms with Crippen LogP contribution < -0.4 is 10.5 Å².